The maximum atomic E-state index is 12.1. The molecule has 1 aromatic rings. The molecule has 1 aliphatic carbocycles. The third-order valence-corrected chi connectivity index (χ3v) is 3.98. The van der Waals surface area contributed by atoms with Gasteiger partial charge in [0.15, 0.2) is 0 Å². The molecular weight excluding hydrogens is 238 g/mol. The molecule has 0 aromatic heterocycles. The van der Waals surface area contributed by atoms with E-state index in [2.05, 4.69) is 24.1 Å². The fraction of sp³-hybridized carbons (Fsp3) is 0.533. The van der Waals surface area contributed by atoms with Crippen LogP contribution in [-0.2, 0) is 4.79 Å². The first kappa shape index (κ1) is 13.9. The van der Waals surface area contributed by atoms with Crippen molar-refractivity contribution in [1.29, 1.82) is 0 Å². The molecule has 2 rings (SSSR count). The second-order valence-electron chi connectivity index (χ2n) is 5.16. The van der Waals surface area contributed by atoms with Crippen molar-refractivity contribution < 1.29 is 4.79 Å². The van der Waals surface area contributed by atoms with Crippen LogP contribution in [0, 0.1) is 5.41 Å². The van der Waals surface area contributed by atoms with Gasteiger partial charge < -0.3 is 16.0 Å². The normalized spacial score (nSPS) is 15.9. The molecule has 0 spiro atoms. The number of nitrogens with zero attached hydrogens (tertiary/aromatic N) is 1. The van der Waals surface area contributed by atoms with Crippen molar-refractivity contribution in [3.05, 3.63) is 24.3 Å². The molecule has 1 aliphatic rings. The van der Waals surface area contributed by atoms with Gasteiger partial charge in [0.25, 0.3) is 0 Å². The highest BCUT2D eigenvalue weighted by molar-refractivity contribution is 5.97. The van der Waals surface area contributed by atoms with Crippen LogP contribution in [0.2, 0.25) is 0 Å². The first-order valence-corrected chi connectivity index (χ1v) is 7.01. The Hall–Kier alpha value is -1.55. The van der Waals surface area contributed by atoms with Gasteiger partial charge in [0.1, 0.15) is 0 Å². The molecule has 0 heterocycles. The zero-order valence-corrected chi connectivity index (χ0v) is 11.8. The van der Waals surface area contributed by atoms with E-state index in [-0.39, 0.29) is 11.3 Å². The number of benzene rings is 1. The first-order chi connectivity index (χ1) is 9.15. The predicted octanol–water partition coefficient (Wildman–Crippen LogP) is 2.21. The van der Waals surface area contributed by atoms with Crippen LogP contribution in [0.5, 0.6) is 0 Å². The van der Waals surface area contributed by atoms with E-state index >= 15 is 0 Å². The van der Waals surface area contributed by atoms with Gasteiger partial charge in [-0.2, -0.15) is 0 Å². The molecule has 3 N–H and O–H groups in total. The smallest absolute Gasteiger partial charge is 0.231 e. The van der Waals surface area contributed by atoms with Gasteiger partial charge >= 0.3 is 0 Å². The second-order valence-corrected chi connectivity index (χ2v) is 5.16. The number of carbonyl (C=O) groups is 1. The molecule has 1 amide bonds. The van der Waals surface area contributed by atoms with E-state index in [0.29, 0.717) is 6.54 Å². The third-order valence-electron chi connectivity index (χ3n) is 3.98. The second kappa shape index (κ2) is 5.61. The Labute approximate surface area is 115 Å². The van der Waals surface area contributed by atoms with Crippen molar-refractivity contribution in [2.45, 2.75) is 26.7 Å². The van der Waals surface area contributed by atoms with Crippen LogP contribution in [0.3, 0.4) is 0 Å². The Morgan fingerprint density at radius 3 is 2.26 bits per heavy atom. The number of hydrogen-bond acceptors (Lipinski definition) is 3. The largest absolute Gasteiger partial charge is 0.372 e. The summed E-state index contributed by atoms with van der Waals surface area (Å²) in [5.74, 6) is 0.0607. The first-order valence-electron chi connectivity index (χ1n) is 7.01. The summed E-state index contributed by atoms with van der Waals surface area (Å²) >= 11 is 0. The lowest BCUT2D eigenvalue weighted by Gasteiger charge is -2.21. The van der Waals surface area contributed by atoms with Crippen molar-refractivity contribution in [2.75, 3.05) is 29.9 Å². The van der Waals surface area contributed by atoms with Crippen molar-refractivity contribution in [3.63, 3.8) is 0 Å². The summed E-state index contributed by atoms with van der Waals surface area (Å²) in [6.07, 6.45) is 1.82. The Morgan fingerprint density at radius 2 is 1.84 bits per heavy atom. The van der Waals surface area contributed by atoms with E-state index in [0.717, 1.165) is 31.6 Å². The maximum absolute atomic E-state index is 12.1. The van der Waals surface area contributed by atoms with Crippen LogP contribution >= 0.6 is 0 Å². The lowest BCUT2D eigenvalue weighted by Crippen LogP contribution is -2.30. The summed E-state index contributed by atoms with van der Waals surface area (Å²) in [4.78, 5) is 14.3. The molecule has 104 valence electrons. The van der Waals surface area contributed by atoms with Crippen LogP contribution in [0.15, 0.2) is 24.3 Å². The Kier molecular flexibility index (Phi) is 4.10. The van der Waals surface area contributed by atoms with Crippen molar-refractivity contribution in [2.24, 2.45) is 11.1 Å². The lowest BCUT2D eigenvalue weighted by atomic mass is 10.1. The minimum Gasteiger partial charge on any atom is -0.372 e. The van der Waals surface area contributed by atoms with Gasteiger partial charge in [-0.05, 0) is 51.0 Å². The standard InChI is InChI=1S/C15H23N3O/c1-3-18(4-2)13-7-5-12(6-8-13)17-14(19)15(11-16)9-10-15/h5-8H,3-4,9-11,16H2,1-2H3,(H,17,19). The number of hydrogen-bond donors (Lipinski definition) is 2. The zero-order valence-electron chi connectivity index (χ0n) is 11.8. The van der Waals surface area contributed by atoms with E-state index in [4.69, 9.17) is 5.73 Å². The summed E-state index contributed by atoms with van der Waals surface area (Å²) in [5.41, 5.74) is 7.39. The van der Waals surface area contributed by atoms with Gasteiger partial charge in [-0.15, -0.1) is 0 Å². The van der Waals surface area contributed by atoms with Crippen LogP contribution in [0.25, 0.3) is 0 Å². The highest BCUT2D eigenvalue weighted by Gasteiger charge is 2.48. The molecular formula is C15H23N3O. The lowest BCUT2D eigenvalue weighted by molar-refractivity contribution is -0.120. The molecule has 4 nitrogen and oxygen atoms in total. The number of amides is 1. The highest BCUT2D eigenvalue weighted by Crippen LogP contribution is 2.45. The van der Waals surface area contributed by atoms with E-state index in [1.165, 1.54) is 5.69 Å². The monoisotopic (exact) mass is 261 g/mol. The molecule has 0 saturated heterocycles. The van der Waals surface area contributed by atoms with E-state index in [1.807, 2.05) is 24.3 Å². The van der Waals surface area contributed by atoms with Gasteiger partial charge in [0, 0.05) is 31.0 Å². The topological polar surface area (TPSA) is 58.4 Å². The van der Waals surface area contributed by atoms with Crippen molar-refractivity contribution in [3.8, 4) is 0 Å². The van der Waals surface area contributed by atoms with Gasteiger partial charge in [-0.3, -0.25) is 4.79 Å². The molecule has 1 saturated carbocycles. The molecule has 4 heteroatoms. The van der Waals surface area contributed by atoms with Gasteiger partial charge in [0.05, 0.1) is 5.41 Å². The molecule has 0 atom stereocenters. The molecule has 0 aliphatic heterocycles. The fourth-order valence-electron chi connectivity index (χ4n) is 2.28. The average molecular weight is 261 g/mol. The maximum Gasteiger partial charge on any atom is 0.231 e. The number of carbonyl (C=O) groups excluding carboxylic acids is 1. The Balaban J connectivity index is 2.01. The van der Waals surface area contributed by atoms with Crippen LogP contribution in [0.4, 0.5) is 11.4 Å². The molecule has 1 aromatic carbocycles. The summed E-state index contributed by atoms with van der Waals surface area (Å²) in [5, 5.41) is 2.96. The summed E-state index contributed by atoms with van der Waals surface area (Å²) in [7, 11) is 0. The minimum absolute atomic E-state index is 0.0607. The van der Waals surface area contributed by atoms with Gasteiger partial charge in [-0.1, -0.05) is 0 Å². The van der Waals surface area contributed by atoms with Crippen LogP contribution in [0.1, 0.15) is 26.7 Å². The van der Waals surface area contributed by atoms with Crippen molar-refractivity contribution >= 4 is 17.3 Å². The number of nitrogens with one attached hydrogen (secondary N) is 1. The van der Waals surface area contributed by atoms with Crippen molar-refractivity contribution in [1.82, 2.24) is 0 Å². The number of nitrogens with two attached hydrogens (primary N) is 1. The summed E-state index contributed by atoms with van der Waals surface area (Å²) in [6.45, 7) is 6.68. The average Bonchev–Trinajstić information content (AvgIpc) is 3.23. The van der Waals surface area contributed by atoms with E-state index in [9.17, 15) is 4.79 Å². The van der Waals surface area contributed by atoms with Gasteiger partial charge in [-0.25, -0.2) is 0 Å². The molecule has 0 unspecified atom stereocenters. The Bertz CT molecular complexity index is 433. The highest BCUT2D eigenvalue weighted by atomic mass is 16.2. The quantitative estimate of drug-likeness (QED) is 0.825. The molecule has 0 bridgehead atoms. The SMILES string of the molecule is CCN(CC)c1ccc(NC(=O)C2(CN)CC2)cc1. The van der Waals surface area contributed by atoms with E-state index in [1.54, 1.807) is 0 Å². The molecule has 1 fully saturated rings. The molecule has 19 heavy (non-hydrogen) atoms. The van der Waals surface area contributed by atoms with E-state index < -0.39 is 0 Å². The molecule has 0 radical (unpaired) electrons. The summed E-state index contributed by atoms with van der Waals surface area (Å²) < 4.78 is 0. The van der Waals surface area contributed by atoms with Crippen LogP contribution < -0.4 is 16.0 Å². The zero-order chi connectivity index (χ0) is 13.9. The minimum atomic E-state index is -0.294. The number of anilines is 2. The number of rotatable bonds is 6. The van der Waals surface area contributed by atoms with Crippen LogP contribution in [-0.4, -0.2) is 25.5 Å². The third kappa shape index (κ3) is 2.89. The Morgan fingerprint density at radius 1 is 1.26 bits per heavy atom. The van der Waals surface area contributed by atoms with Gasteiger partial charge in [0.2, 0.25) is 5.91 Å². The predicted molar refractivity (Wildman–Crippen MR) is 79.4 cm³/mol. The fourth-order valence-corrected chi connectivity index (χ4v) is 2.28. The summed E-state index contributed by atoms with van der Waals surface area (Å²) in [6, 6.07) is 8.01.